The minimum absolute atomic E-state index is 0.209. The number of carbonyl (C=O) groups excluding carboxylic acids is 1. The van der Waals surface area contributed by atoms with Crippen molar-refractivity contribution >= 4 is 12.2 Å². The molecule has 0 bridgehead atoms. The number of nitrogens with zero attached hydrogens (tertiary/aromatic N) is 1. The monoisotopic (exact) mass is 208 g/mol. The summed E-state index contributed by atoms with van der Waals surface area (Å²) < 4.78 is 0. The Labute approximate surface area is 92.0 Å². The number of hydrogen-bond donors (Lipinski definition) is 1. The van der Waals surface area contributed by atoms with E-state index < -0.39 is 0 Å². The summed E-state index contributed by atoms with van der Waals surface area (Å²) in [6, 6.07) is 0.383. The largest absolute Gasteiger partial charge is 0.315 e. The third-order valence-electron chi connectivity index (χ3n) is 2.08. The van der Waals surface area contributed by atoms with Crippen LogP contribution in [0.3, 0.4) is 0 Å². The molecule has 0 aromatic heterocycles. The molecular formula is C12H20N2O. The van der Waals surface area contributed by atoms with Crippen molar-refractivity contribution in [2.75, 3.05) is 13.6 Å². The van der Waals surface area contributed by atoms with E-state index in [-0.39, 0.29) is 5.92 Å². The first kappa shape index (κ1) is 13.8. The van der Waals surface area contributed by atoms with Crippen LogP contribution < -0.4 is 5.32 Å². The van der Waals surface area contributed by atoms with Crippen molar-refractivity contribution in [2.24, 2.45) is 10.9 Å². The van der Waals surface area contributed by atoms with Crippen molar-refractivity contribution in [1.82, 2.24) is 5.32 Å². The van der Waals surface area contributed by atoms with Crippen LogP contribution in [0.1, 0.15) is 20.3 Å². The lowest BCUT2D eigenvalue weighted by molar-refractivity contribution is 0.567. The Bertz CT molecular complexity index is 252. The molecule has 0 aromatic rings. The molecule has 0 heterocycles. The standard InChI is InChI=1S/C12H20N2O/c1-4-6-12(7-5-8-15)10-14-9-11(2)13-3/h4-6,10-13H,7,9H2,1-3H3/b6-4?,14-10-. The lowest BCUT2D eigenvalue weighted by Gasteiger charge is -2.06. The number of allylic oxidation sites excluding steroid dienone is 3. The Morgan fingerprint density at radius 1 is 1.53 bits per heavy atom. The quantitative estimate of drug-likeness (QED) is 0.392. The predicted molar refractivity (Wildman–Crippen MR) is 65.1 cm³/mol. The zero-order valence-electron chi connectivity index (χ0n) is 9.73. The van der Waals surface area contributed by atoms with Gasteiger partial charge in [-0.3, -0.25) is 4.99 Å². The topological polar surface area (TPSA) is 41.5 Å². The van der Waals surface area contributed by atoms with Crippen molar-refractivity contribution in [3.05, 3.63) is 18.2 Å². The molecule has 0 aliphatic rings. The summed E-state index contributed by atoms with van der Waals surface area (Å²) in [5.74, 6) is 1.99. The van der Waals surface area contributed by atoms with Gasteiger partial charge in [0.05, 0.1) is 6.54 Å². The highest BCUT2D eigenvalue weighted by atomic mass is 16.1. The van der Waals surface area contributed by atoms with Gasteiger partial charge in [0.2, 0.25) is 0 Å². The van der Waals surface area contributed by atoms with Gasteiger partial charge in [0.1, 0.15) is 5.94 Å². The zero-order chi connectivity index (χ0) is 11.5. The van der Waals surface area contributed by atoms with E-state index in [0.29, 0.717) is 12.5 Å². The Morgan fingerprint density at radius 2 is 2.27 bits per heavy atom. The van der Waals surface area contributed by atoms with E-state index in [0.717, 1.165) is 6.54 Å². The van der Waals surface area contributed by atoms with Gasteiger partial charge in [0.25, 0.3) is 0 Å². The molecule has 0 aromatic carbocycles. The van der Waals surface area contributed by atoms with E-state index >= 15 is 0 Å². The number of likely N-dealkylation sites (N-methyl/N-ethyl adjacent to an activating group) is 1. The third-order valence-corrected chi connectivity index (χ3v) is 2.08. The molecule has 2 atom stereocenters. The molecule has 0 saturated heterocycles. The second-order valence-corrected chi connectivity index (χ2v) is 3.45. The molecule has 0 rings (SSSR count). The van der Waals surface area contributed by atoms with Gasteiger partial charge < -0.3 is 5.32 Å². The Kier molecular flexibility index (Phi) is 8.64. The summed E-state index contributed by atoms with van der Waals surface area (Å²) in [7, 11) is 1.92. The Balaban J connectivity index is 4.08. The average molecular weight is 208 g/mol. The third kappa shape index (κ3) is 7.86. The number of aliphatic imine (C=N–C) groups is 1. The van der Waals surface area contributed by atoms with Crippen molar-refractivity contribution in [2.45, 2.75) is 26.3 Å². The highest BCUT2D eigenvalue weighted by Crippen LogP contribution is 2.02. The lowest BCUT2D eigenvalue weighted by Crippen LogP contribution is -2.24. The Hall–Kier alpha value is -1.18. The first-order valence-corrected chi connectivity index (χ1v) is 5.24. The molecule has 0 fully saturated rings. The van der Waals surface area contributed by atoms with Crippen LogP contribution in [0.4, 0.5) is 0 Å². The normalized spacial score (nSPS) is 15.4. The molecule has 0 saturated carbocycles. The summed E-state index contributed by atoms with van der Waals surface area (Å²) in [5.41, 5.74) is 0. The molecule has 3 nitrogen and oxygen atoms in total. The fraction of sp³-hybridized carbons (Fsp3) is 0.583. The maximum Gasteiger partial charge on any atom is 0.120 e. The van der Waals surface area contributed by atoms with Crippen LogP contribution >= 0.6 is 0 Å². The molecule has 84 valence electrons. The summed E-state index contributed by atoms with van der Waals surface area (Å²) >= 11 is 0. The molecule has 2 unspecified atom stereocenters. The maximum atomic E-state index is 10.1. The van der Waals surface area contributed by atoms with Crippen molar-refractivity contribution in [3.8, 4) is 0 Å². The van der Waals surface area contributed by atoms with E-state index in [4.69, 9.17) is 0 Å². The van der Waals surface area contributed by atoms with E-state index in [9.17, 15) is 4.79 Å². The number of rotatable bonds is 7. The summed E-state index contributed by atoms with van der Waals surface area (Å²) in [5, 5.41) is 3.11. The molecule has 0 aliphatic heterocycles. The second-order valence-electron chi connectivity index (χ2n) is 3.45. The highest BCUT2D eigenvalue weighted by molar-refractivity contribution is 5.64. The van der Waals surface area contributed by atoms with Crippen LogP contribution in [0, 0.1) is 5.92 Å². The molecule has 0 spiro atoms. The van der Waals surface area contributed by atoms with Gasteiger partial charge in [-0.05, 0) is 27.3 Å². The van der Waals surface area contributed by atoms with Gasteiger partial charge in [-0.15, -0.1) is 0 Å². The van der Waals surface area contributed by atoms with Crippen LogP contribution in [0.5, 0.6) is 0 Å². The zero-order valence-corrected chi connectivity index (χ0v) is 9.73. The summed E-state index contributed by atoms with van der Waals surface area (Å²) in [4.78, 5) is 14.4. The molecule has 0 aliphatic carbocycles. The molecule has 15 heavy (non-hydrogen) atoms. The minimum Gasteiger partial charge on any atom is -0.315 e. The molecular weight excluding hydrogens is 188 g/mol. The molecule has 0 radical (unpaired) electrons. The molecule has 0 amide bonds. The maximum absolute atomic E-state index is 10.1. The van der Waals surface area contributed by atoms with Crippen LogP contribution in [0.15, 0.2) is 23.2 Å². The lowest BCUT2D eigenvalue weighted by atomic mass is 10.1. The van der Waals surface area contributed by atoms with Gasteiger partial charge in [-0.2, -0.15) is 0 Å². The van der Waals surface area contributed by atoms with Gasteiger partial charge in [0.15, 0.2) is 0 Å². The SMILES string of the molecule is CC=CC(/C=N\CC(C)NC)CC=C=O. The Morgan fingerprint density at radius 3 is 2.80 bits per heavy atom. The van der Waals surface area contributed by atoms with Crippen LogP contribution in [-0.2, 0) is 4.79 Å². The number of nitrogens with one attached hydrogen (secondary N) is 1. The van der Waals surface area contributed by atoms with Crippen LogP contribution in [0.2, 0.25) is 0 Å². The minimum atomic E-state index is 0.209. The van der Waals surface area contributed by atoms with Gasteiger partial charge in [-0.1, -0.05) is 12.2 Å². The van der Waals surface area contributed by atoms with E-state index in [1.165, 1.54) is 6.08 Å². The van der Waals surface area contributed by atoms with Gasteiger partial charge in [0, 0.05) is 24.3 Å². The van der Waals surface area contributed by atoms with Crippen molar-refractivity contribution in [1.29, 1.82) is 0 Å². The first-order valence-electron chi connectivity index (χ1n) is 5.24. The van der Waals surface area contributed by atoms with E-state index in [1.54, 1.807) is 5.94 Å². The van der Waals surface area contributed by atoms with Crippen molar-refractivity contribution < 1.29 is 4.79 Å². The predicted octanol–water partition coefficient (Wildman–Crippen LogP) is 1.64. The highest BCUT2D eigenvalue weighted by Gasteiger charge is 1.99. The summed E-state index contributed by atoms with van der Waals surface area (Å²) in [6.45, 7) is 4.80. The first-order chi connectivity index (χ1) is 7.24. The average Bonchev–Trinajstić information content (AvgIpc) is 2.25. The van der Waals surface area contributed by atoms with E-state index in [1.807, 2.05) is 32.3 Å². The van der Waals surface area contributed by atoms with Crippen molar-refractivity contribution in [3.63, 3.8) is 0 Å². The fourth-order valence-corrected chi connectivity index (χ4v) is 1.07. The molecule has 3 heteroatoms. The second kappa shape index (κ2) is 9.38. The van der Waals surface area contributed by atoms with Crippen LogP contribution in [-0.4, -0.2) is 31.8 Å². The number of hydrogen-bond acceptors (Lipinski definition) is 3. The van der Waals surface area contributed by atoms with E-state index in [2.05, 4.69) is 17.2 Å². The smallest absolute Gasteiger partial charge is 0.120 e. The summed E-state index contributed by atoms with van der Waals surface area (Å²) in [6.07, 6.45) is 8.06. The fourth-order valence-electron chi connectivity index (χ4n) is 1.07. The van der Waals surface area contributed by atoms with Crippen LogP contribution in [0.25, 0.3) is 0 Å². The molecule has 1 N–H and O–H groups in total. The van der Waals surface area contributed by atoms with Gasteiger partial charge >= 0.3 is 0 Å². The van der Waals surface area contributed by atoms with Gasteiger partial charge in [-0.25, -0.2) is 4.79 Å².